The van der Waals surface area contributed by atoms with Crippen molar-refractivity contribution >= 4 is 28.8 Å². The second-order valence-corrected chi connectivity index (χ2v) is 9.34. The quantitative estimate of drug-likeness (QED) is 0.159. The number of hydroxylamine groups is 1. The molecule has 1 aliphatic rings. The van der Waals surface area contributed by atoms with Crippen molar-refractivity contribution in [2.45, 2.75) is 32.0 Å². The Bertz CT molecular complexity index is 1450. The van der Waals surface area contributed by atoms with Crippen molar-refractivity contribution in [3.05, 3.63) is 101 Å². The van der Waals surface area contributed by atoms with E-state index in [0.29, 0.717) is 12.2 Å². The molecule has 0 fully saturated rings. The lowest BCUT2D eigenvalue weighted by molar-refractivity contribution is -0.124. The number of para-hydroxylation sites is 1. The molecule has 8 heteroatoms. The maximum atomic E-state index is 12.1. The third kappa shape index (κ3) is 5.35. The Balaban J connectivity index is 1.39. The lowest BCUT2D eigenvalue weighted by Gasteiger charge is -2.30. The Hall–Kier alpha value is -4.14. The summed E-state index contributed by atoms with van der Waals surface area (Å²) in [5.41, 5.74) is 7.88. The summed E-state index contributed by atoms with van der Waals surface area (Å²) in [5, 5.41) is 12.6. The lowest BCUT2D eigenvalue weighted by Crippen LogP contribution is -2.30. The number of aromatic amines is 1. The van der Waals surface area contributed by atoms with E-state index >= 15 is 0 Å². The van der Waals surface area contributed by atoms with Crippen LogP contribution in [0.15, 0.2) is 72.9 Å². The average Bonchev–Trinajstić information content (AvgIpc) is 3.67. The van der Waals surface area contributed by atoms with Crippen LogP contribution in [0.2, 0.25) is 0 Å². The van der Waals surface area contributed by atoms with E-state index in [9.17, 15) is 9.59 Å². The molecule has 1 unspecified atom stereocenters. The van der Waals surface area contributed by atoms with Gasteiger partial charge < -0.3 is 14.9 Å². The number of rotatable bonds is 9. The van der Waals surface area contributed by atoms with Crippen LogP contribution >= 0.6 is 0 Å². The van der Waals surface area contributed by atoms with Gasteiger partial charge in [0.25, 0.3) is 11.8 Å². The van der Waals surface area contributed by atoms with Crippen LogP contribution in [-0.4, -0.2) is 45.1 Å². The van der Waals surface area contributed by atoms with Gasteiger partial charge in [0.1, 0.15) is 5.69 Å². The number of aryl methyl sites for hydroxylation is 1. The molecule has 0 saturated heterocycles. The predicted molar refractivity (Wildman–Crippen MR) is 143 cm³/mol. The van der Waals surface area contributed by atoms with E-state index in [2.05, 4.69) is 68.4 Å². The first-order valence-corrected chi connectivity index (χ1v) is 12.5. The Morgan fingerprint density at radius 2 is 2.03 bits per heavy atom. The summed E-state index contributed by atoms with van der Waals surface area (Å²) >= 11 is 0. The van der Waals surface area contributed by atoms with Gasteiger partial charge in [-0.25, -0.2) is 5.48 Å². The van der Waals surface area contributed by atoms with Crippen molar-refractivity contribution in [1.29, 1.82) is 0 Å². The Kier molecular flexibility index (Phi) is 7.20. The van der Waals surface area contributed by atoms with Crippen LogP contribution in [0.25, 0.3) is 17.0 Å². The molecule has 0 saturated carbocycles. The molecule has 5 rings (SSSR count). The molecule has 2 aromatic heterocycles. The lowest BCUT2D eigenvalue weighted by atomic mass is 10.0. The molecule has 0 bridgehead atoms. The Morgan fingerprint density at radius 1 is 1.16 bits per heavy atom. The first kappa shape index (κ1) is 24.5. The zero-order chi connectivity index (χ0) is 25.8. The first-order chi connectivity index (χ1) is 18.1. The van der Waals surface area contributed by atoms with E-state index in [1.54, 1.807) is 18.6 Å². The Morgan fingerprint density at radius 3 is 2.86 bits per heavy atom. The maximum absolute atomic E-state index is 12.1. The SMILES string of the molecule is CNC(=O)c1ccc(CN(CCn2ccc3ccccc32)C2CCc3cc(/C=C/C(=O)NO)ccc32)[nH]1. The highest BCUT2D eigenvalue weighted by Gasteiger charge is 2.28. The molecule has 0 radical (unpaired) electrons. The number of nitrogens with zero attached hydrogens (tertiary/aromatic N) is 2. The first-order valence-electron chi connectivity index (χ1n) is 12.5. The predicted octanol–water partition coefficient (Wildman–Crippen LogP) is 4.04. The smallest absolute Gasteiger partial charge is 0.267 e. The van der Waals surface area contributed by atoms with Crippen LogP contribution < -0.4 is 10.8 Å². The maximum Gasteiger partial charge on any atom is 0.267 e. The minimum atomic E-state index is -0.552. The third-order valence-electron chi connectivity index (χ3n) is 7.09. The van der Waals surface area contributed by atoms with Crippen molar-refractivity contribution in [2.75, 3.05) is 13.6 Å². The van der Waals surface area contributed by atoms with Crippen LogP contribution in [-0.2, 0) is 24.3 Å². The number of benzene rings is 2. The van der Waals surface area contributed by atoms with Crippen LogP contribution in [0.5, 0.6) is 0 Å². The van der Waals surface area contributed by atoms with Gasteiger partial charge in [-0.15, -0.1) is 0 Å². The van der Waals surface area contributed by atoms with Gasteiger partial charge in [-0.05, 0) is 65.3 Å². The number of hydrogen-bond acceptors (Lipinski definition) is 4. The highest BCUT2D eigenvalue weighted by molar-refractivity contribution is 5.92. The molecule has 1 atom stereocenters. The molecular weight excluding hydrogens is 466 g/mol. The van der Waals surface area contributed by atoms with Gasteiger partial charge >= 0.3 is 0 Å². The second kappa shape index (κ2) is 10.9. The summed E-state index contributed by atoms with van der Waals surface area (Å²) in [6.07, 6.45) is 7.11. The number of carbonyl (C=O) groups is 2. The van der Waals surface area contributed by atoms with Crippen molar-refractivity contribution in [2.24, 2.45) is 0 Å². The third-order valence-corrected chi connectivity index (χ3v) is 7.09. The normalized spacial score (nSPS) is 14.9. The summed E-state index contributed by atoms with van der Waals surface area (Å²) in [6, 6.07) is 20.9. The molecular formula is C29H31N5O3. The van der Waals surface area contributed by atoms with Crippen molar-refractivity contribution < 1.29 is 14.8 Å². The van der Waals surface area contributed by atoms with Gasteiger partial charge in [-0.2, -0.15) is 0 Å². The fraction of sp³-hybridized carbons (Fsp3) is 0.241. The summed E-state index contributed by atoms with van der Waals surface area (Å²) in [5.74, 6) is -0.678. The summed E-state index contributed by atoms with van der Waals surface area (Å²) in [7, 11) is 1.63. The zero-order valence-corrected chi connectivity index (χ0v) is 20.8. The molecule has 2 heterocycles. The molecule has 190 valence electrons. The van der Waals surface area contributed by atoms with Crippen molar-refractivity contribution in [3.63, 3.8) is 0 Å². The van der Waals surface area contributed by atoms with E-state index in [-0.39, 0.29) is 11.9 Å². The molecule has 4 aromatic rings. The molecule has 8 nitrogen and oxygen atoms in total. The summed E-state index contributed by atoms with van der Waals surface area (Å²) in [6.45, 7) is 2.38. The topological polar surface area (TPSA) is 102 Å². The van der Waals surface area contributed by atoms with Gasteiger partial charge in [0.15, 0.2) is 0 Å². The second-order valence-electron chi connectivity index (χ2n) is 9.34. The van der Waals surface area contributed by atoms with Crippen LogP contribution in [0.3, 0.4) is 0 Å². The van der Waals surface area contributed by atoms with Crippen LogP contribution in [0.4, 0.5) is 0 Å². The van der Waals surface area contributed by atoms with E-state index in [1.165, 1.54) is 28.1 Å². The number of carbonyl (C=O) groups excluding carboxylic acids is 2. The number of fused-ring (bicyclic) bond motifs is 2. The molecule has 37 heavy (non-hydrogen) atoms. The van der Waals surface area contributed by atoms with Crippen molar-refractivity contribution in [1.82, 2.24) is 25.2 Å². The van der Waals surface area contributed by atoms with Crippen LogP contribution in [0, 0.1) is 0 Å². The number of aromatic nitrogens is 2. The number of hydrogen-bond donors (Lipinski definition) is 4. The van der Waals surface area contributed by atoms with E-state index < -0.39 is 5.91 Å². The van der Waals surface area contributed by atoms with E-state index in [4.69, 9.17) is 5.21 Å². The average molecular weight is 498 g/mol. The van der Waals surface area contributed by atoms with Gasteiger partial charge in [0.05, 0.1) is 0 Å². The molecule has 1 aliphatic carbocycles. The van der Waals surface area contributed by atoms with Gasteiger partial charge in [-0.1, -0.05) is 36.4 Å². The number of nitrogens with one attached hydrogen (secondary N) is 3. The molecule has 4 N–H and O–H groups in total. The van der Waals surface area contributed by atoms with Gasteiger partial charge in [0, 0.05) is 56.2 Å². The number of amides is 2. The molecule has 0 spiro atoms. The van der Waals surface area contributed by atoms with Crippen LogP contribution in [0.1, 0.15) is 45.3 Å². The van der Waals surface area contributed by atoms with Gasteiger partial charge in [0.2, 0.25) is 0 Å². The fourth-order valence-electron chi connectivity index (χ4n) is 5.24. The minimum absolute atomic E-state index is 0.127. The highest BCUT2D eigenvalue weighted by Crippen LogP contribution is 2.37. The fourth-order valence-corrected chi connectivity index (χ4v) is 5.24. The number of H-pyrrole nitrogens is 1. The zero-order valence-electron chi connectivity index (χ0n) is 20.8. The minimum Gasteiger partial charge on any atom is -0.354 e. The largest absolute Gasteiger partial charge is 0.354 e. The van der Waals surface area contributed by atoms with Gasteiger partial charge in [-0.3, -0.25) is 19.7 Å². The highest BCUT2D eigenvalue weighted by atomic mass is 16.5. The van der Waals surface area contributed by atoms with E-state index in [0.717, 1.165) is 37.2 Å². The Labute approximate surface area is 215 Å². The summed E-state index contributed by atoms with van der Waals surface area (Å²) in [4.78, 5) is 29.2. The molecule has 2 amide bonds. The molecule has 2 aromatic carbocycles. The summed E-state index contributed by atoms with van der Waals surface area (Å²) < 4.78 is 2.29. The van der Waals surface area contributed by atoms with Crippen molar-refractivity contribution in [3.8, 4) is 0 Å². The monoisotopic (exact) mass is 497 g/mol. The van der Waals surface area contributed by atoms with E-state index in [1.807, 2.05) is 18.2 Å². The standard InChI is InChI=1S/C29H31N5O3/c1-30-29(36)25-11-9-23(31-25)19-34(17-16-33-15-14-21-4-2-3-5-26(21)33)27-12-8-22-18-20(6-10-24(22)27)7-13-28(35)32-37/h2-7,9-11,13-15,18,27,31,37H,8,12,16-17,19H2,1H3,(H,30,36)(H,32,35)/b13-7+. The molecule has 0 aliphatic heterocycles.